The second kappa shape index (κ2) is 5.13. The van der Waals surface area contributed by atoms with Gasteiger partial charge < -0.3 is 15.4 Å². The summed E-state index contributed by atoms with van der Waals surface area (Å²) in [7, 11) is 0. The molecule has 2 aliphatic heterocycles. The normalized spacial score (nSPS) is 26.7. The van der Waals surface area contributed by atoms with Gasteiger partial charge in [-0.15, -0.1) is 0 Å². The van der Waals surface area contributed by atoms with E-state index >= 15 is 0 Å². The van der Waals surface area contributed by atoms with Crippen molar-refractivity contribution in [2.75, 3.05) is 19.6 Å². The van der Waals surface area contributed by atoms with Gasteiger partial charge in [-0.2, -0.15) is 5.10 Å². The minimum Gasteiger partial charge on any atom is -0.507 e. The van der Waals surface area contributed by atoms with E-state index in [1.54, 1.807) is 6.07 Å². The molecule has 0 aliphatic carbocycles. The smallest absolute Gasteiger partial charge is 0.129 e. The Morgan fingerprint density at radius 1 is 1.53 bits per heavy atom. The predicted molar refractivity (Wildman–Crippen MR) is 79.3 cm³/mol. The van der Waals surface area contributed by atoms with Crippen molar-refractivity contribution < 1.29 is 5.11 Å². The van der Waals surface area contributed by atoms with Crippen LogP contribution in [0, 0.1) is 5.92 Å². The van der Waals surface area contributed by atoms with Crippen LogP contribution >= 0.6 is 15.9 Å². The number of halogens is 1. The molecule has 0 aromatic heterocycles. The minimum atomic E-state index is 0.223. The predicted octanol–water partition coefficient (Wildman–Crippen LogP) is 2.50. The first-order chi connectivity index (χ1) is 9.19. The topological polar surface area (TPSA) is 47.9 Å². The van der Waals surface area contributed by atoms with Crippen LogP contribution in [0.15, 0.2) is 27.8 Å². The van der Waals surface area contributed by atoms with Gasteiger partial charge in [0.05, 0.1) is 10.5 Å². The number of likely N-dealkylation sites (tertiary alicyclic amines) is 1. The number of hydrogen-bond donors (Lipinski definition) is 2. The van der Waals surface area contributed by atoms with Crippen molar-refractivity contribution in [1.29, 1.82) is 0 Å². The number of nitrogens with zero attached hydrogens (tertiary/aromatic N) is 2. The molecule has 5 heteroatoms. The molecule has 4 nitrogen and oxygen atoms in total. The third kappa shape index (κ3) is 2.37. The van der Waals surface area contributed by atoms with Gasteiger partial charge in [-0.3, -0.25) is 0 Å². The Balaban J connectivity index is 1.84. The number of hydrazone groups is 1. The van der Waals surface area contributed by atoms with E-state index in [1.807, 2.05) is 12.1 Å². The van der Waals surface area contributed by atoms with Crippen LogP contribution in [0.5, 0.6) is 5.75 Å². The molecule has 19 heavy (non-hydrogen) atoms. The summed E-state index contributed by atoms with van der Waals surface area (Å²) in [6.07, 6.45) is 1.06. The molecule has 0 amide bonds. The zero-order chi connectivity index (χ0) is 13.4. The van der Waals surface area contributed by atoms with Crippen molar-refractivity contribution in [1.82, 2.24) is 10.3 Å². The van der Waals surface area contributed by atoms with E-state index in [0.29, 0.717) is 5.92 Å². The molecular weight excluding hydrogens is 306 g/mol. The summed E-state index contributed by atoms with van der Waals surface area (Å²) in [5.41, 5.74) is 5.73. The van der Waals surface area contributed by atoms with Crippen LogP contribution in [0.2, 0.25) is 0 Å². The molecule has 2 N–H and O–H groups in total. The number of hydrogen-bond acceptors (Lipinski definition) is 4. The van der Waals surface area contributed by atoms with Gasteiger partial charge >= 0.3 is 0 Å². The number of rotatable bonds is 2. The van der Waals surface area contributed by atoms with E-state index in [1.165, 1.54) is 11.3 Å². The Morgan fingerprint density at radius 3 is 3.11 bits per heavy atom. The number of phenolic OH excluding ortho intramolecular Hbond substituents is 1. The van der Waals surface area contributed by atoms with Crippen LogP contribution in [-0.4, -0.2) is 35.4 Å². The van der Waals surface area contributed by atoms with Crippen LogP contribution in [0.25, 0.3) is 0 Å². The number of benzene rings is 1. The van der Waals surface area contributed by atoms with Crippen molar-refractivity contribution in [2.24, 2.45) is 11.0 Å². The van der Waals surface area contributed by atoms with Crippen LogP contribution in [0.3, 0.4) is 0 Å². The second-order valence-electron chi connectivity index (χ2n) is 5.17. The van der Waals surface area contributed by atoms with Gasteiger partial charge in [0.15, 0.2) is 0 Å². The lowest BCUT2D eigenvalue weighted by Gasteiger charge is -2.32. The summed E-state index contributed by atoms with van der Waals surface area (Å²) < 4.78 is 0.739. The van der Waals surface area contributed by atoms with E-state index in [0.717, 1.165) is 30.5 Å². The Labute approximate surface area is 121 Å². The molecule has 2 atom stereocenters. The van der Waals surface area contributed by atoms with Crippen molar-refractivity contribution >= 4 is 21.6 Å². The van der Waals surface area contributed by atoms with Crippen LogP contribution in [-0.2, 0) is 0 Å². The number of fused-ring (bicyclic) bond motifs is 1. The van der Waals surface area contributed by atoms with Gasteiger partial charge in [0.2, 0.25) is 0 Å². The fourth-order valence-corrected chi connectivity index (χ4v) is 3.32. The van der Waals surface area contributed by atoms with E-state index < -0.39 is 0 Å². The van der Waals surface area contributed by atoms with Gasteiger partial charge in [-0.1, -0.05) is 13.0 Å². The van der Waals surface area contributed by atoms with Gasteiger partial charge in [0.1, 0.15) is 5.75 Å². The summed E-state index contributed by atoms with van der Waals surface area (Å²) in [5.74, 6) is 0.729. The van der Waals surface area contributed by atoms with E-state index in [-0.39, 0.29) is 11.8 Å². The number of aromatic hydroxyl groups is 1. The molecule has 0 radical (unpaired) electrons. The average molecular weight is 324 g/mol. The molecule has 2 unspecified atom stereocenters. The van der Waals surface area contributed by atoms with Gasteiger partial charge in [-0.05, 0) is 40.2 Å². The average Bonchev–Trinajstić information content (AvgIpc) is 2.84. The largest absolute Gasteiger partial charge is 0.507 e. The monoisotopic (exact) mass is 323 g/mol. The summed E-state index contributed by atoms with van der Waals surface area (Å²) >= 11 is 3.38. The summed E-state index contributed by atoms with van der Waals surface area (Å²) in [5, 5.41) is 14.1. The lowest BCUT2D eigenvalue weighted by molar-refractivity contribution is 0.238. The molecule has 1 fully saturated rings. The van der Waals surface area contributed by atoms with Crippen molar-refractivity contribution in [3.63, 3.8) is 0 Å². The molecule has 0 bridgehead atoms. The quantitative estimate of drug-likeness (QED) is 0.879. The first-order valence-corrected chi connectivity index (χ1v) is 7.51. The van der Waals surface area contributed by atoms with Crippen LogP contribution in [0.1, 0.15) is 24.9 Å². The van der Waals surface area contributed by atoms with Gasteiger partial charge in [0, 0.05) is 31.1 Å². The Morgan fingerprint density at radius 2 is 2.37 bits per heavy atom. The van der Waals surface area contributed by atoms with E-state index in [4.69, 9.17) is 0 Å². The SMILES string of the molecule is CCN1CCC2=NNC(c3ccc(O)c(Br)c3)C2C1. The van der Waals surface area contributed by atoms with E-state index in [2.05, 4.69) is 38.3 Å². The molecular formula is C14H18BrN3O. The standard InChI is InChI=1S/C14H18BrN3O/c1-2-18-6-5-12-10(8-18)14(17-16-12)9-3-4-13(19)11(15)7-9/h3-4,7,10,14,17,19H,2,5-6,8H2,1H3. The number of nitrogens with one attached hydrogen (secondary N) is 1. The fraction of sp³-hybridized carbons (Fsp3) is 0.500. The summed E-state index contributed by atoms with van der Waals surface area (Å²) in [4.78, 5) is 2.47. The Bertz CT molecular complexity index is 517. The highest BCUT2D eigenvalue weighted by Crippen LogP contribution is 2.35. The number of piperidine rings is 1. The first-order valence-electron chi connectivity index (χ1n) is 6.71. The highest BCUT2D eigenvalue weighted by Gasteiger charge is 2.36. The van der Waals surface area contributed by atoms with Crippen molar-refractivity contribution in [3.8, 4) is 5.75 Å². The third-order valence-electron chi connectivity index (χ3n) is 4.09. The van der Waals surface area contributed by atoms with E-state index in [9.17, 15) is 5.11 Å². The molecule has 0 spiro atoms. The maximum absolute atomic E-state index is 9.59. The molecule has 1 saturated heterocycles. The maximum atomic E-state index is 9.59. The number of phenols is 1. The highest BCUT2D eigenvalue weighted by molar-refractivity contribution is 9.10. The van der Waals surface area contributed by atoms with Gasteiger partial charge in [-0.25, -0.2) is 0 Å². The molecule has 2 aliphatic rings. The molecule has 2 heterocycles. The lowest BCUT2D eigenvalue weighted by Crippen LogP contribution is -2.41. The third-order valence-corrected chi connectivity index (χ3v) is 4.73. The second-order valence-corrected chi connectivity index (χ2v) is 6.02. The Kier molecular flexibility index (Phi) is 3.50. The van der Waals surface area contributed by atoms with Gasteiger partial charge in [0.25, 0.3) is 0 Å². The van der Waals surface area contributed by atoms with Crippen LogP contribution in [0.4, 0.5) is 0 Å². The minimum absolute atomic E-state index is 0.223. The molecule has 1 aromatic carbocycles. The molecule has 102 valence electrons. The Hall–Kier alpha value is -1.07. The zero-order valence-electron chi connectivity index (χ0n) is 10.9. The molecule has 3 rings (SSSR count). The summed E-state index contributed by atoms with van der Waals surface area (Å²) in [6.45, 7) is 5.47. The first kappa shape index (κ1) is 12.9. The zero-order valence-corrected chi connectivity index (χ0v) is 12.5. The summed E-state index contributed by atoms with van der Waals surface area (Å²) in [6, 6.07) is 5.91. The molecule has 1 aromatic rings. The van der Waals surface area contributed by atoms with Crippen molar-refractivity contribution in [2.45, 2.75) is 19.4 Å². The fourth-order valence-electron chi connectivity index (χ4n) is 2.92. The lowest BCUT2D eigenvalue weighted by atomic mass is 9.86. The molecule has 0 saturated carbocycles. The van der Waals surface area contributed by atoms with Crippen molar-refractivity contribution in [3.05, 3.63) is 28.2 Å². The maximum Gasteiger partial charge on any atom is 0.129 e. The van der Waals surface area contributed by atoms with Crippen LogP contribution < -0.4 is 5.43 Å². The highest BCUT2D eigenvalue weighted by atomic mass is 79.9.